The molecule has 16 rings (SSSR count). The van der Waals surface area contributed by atoms with E-state index in [-0.39, 0.29) is 112 Å². The van der Waals surface area contributed by atoms with Crippen LogP contribution in [0.15, 0.2) is 206 Å². The number of thiazole rings is 1. The number of aromatic nitrogens is 7. The summed E-state index contributed by atoms with van der Waals surface area (Å²) >= 11 is 28.1. The monoisotopic (exact) mass is 2220 g/mol. The number of nitrogens with zero attached hydrogens (tertiary/aromatic N) is 13. The number of aryl methyl sites for hydroxylation is 3. The van der Waals surface area contributed by atoms with Gasteiger partial charge < -0.3 is 65.8 Å². The Labute approximate surface area is 906 Å². The Bertz CT molecular complexity index is 7020. The van der Waals surface area contributed by atoms with Crippen molar-refractivity contribution in [1.82, 2.24) is 63.7 Å². The number of phenols is 1. The maximum atomic E-state index is 14.6. The first-order valence-electron chi connectivity index (χ1n) is 50.7. The third-order valence-corrected chi connectivity index (χ3v) is 29.9. The molecule has 3 aliphatic heterocycles. The summed E-state index contributed by atoms with van der Waals surface area (Å²) in [6.45, 7) is 22.2. The molecule has 3 atom stereocenters. The van der Waals surface area contributed by atoms with E-state index in [1.807, 2.05) is 108 Å². The molecule has 0 saturated heterocycles. The van der Waals surface area contributed by atoms with Crippen LogP contribution in [0.3, 0.4) is 0 Å². The molecular weight excluding hydrogens is 2100 g/mol. The van der Waals surface area contributed by atoms with Gasteiger partial charge in [0.05, 0.1) is 97.9 Å². The molecule has 7 heterocycles. The smallest absolute Gasteiger partial charge is 0.275 e. The number of anilines is 3. The van der Waals surface area contributed by atoms with Gasteiger partial charge in [-0.2, -0.15) is 15.3 Å². The first-order chi connectivity index (χ1) is 71.9. The Morgan fingerprint density at radius 1 is 0.383 bits per heavy atom. The lowest BCUT2D eigenvalue weighted by atomic mass is 9.93. The number of hydrogen-bond donors (Lipinski definition) is 7. The number of aliphatic hydroxyl groups excluding tert-OH is 3. The van der Waals surface area contributed by atoms with Crippen LogP contribution in [0.2, 0.25) is 20.1 Å². The zero-order valence-corrected chi connectivity index (χ0v) is 91.0. The number of unbranched alkanes of at least 4 members (excludes halogenated alkanes) is 6. The van der Waals surface area contributed by atoms with Crippen LogP contribution in [0.1, 0.15) is 263 Å². The Morgan fingerprint density at radius 3 is 1.07 bits per heavy atom. The standard InChI is InChI=1S/C40H42Cl2N6O4S.C37H41ClIN5O4.C37H42ClN5O5/c1-4-6-17-46(18-7-5-2)40(52)33-19-25(3)48(45-33)35-16-15-28(43-37(50)34-24-53-38(44-34)30-13-10-14-32(41)36(30)42)21-31(35)39(51)47-22-27-12-9-8-11-26(27)20-29(47)23-49;1-4-6-16-42(17-7-5-2)37(48)33-18-24(3)44(41-33)34-15-13-28(40-35(46)30-14-12-27(38)20-32(30)39)21-31(34)36(47)43-22-26-11-9-8-10-25(26)19-29(43)23-45;1-4-6-17-41(18-7-5-2)37(48)32-19-24(3)43(40-32)33-16-15-27(39-35(46)29-13-10-14-31(38)34(29)45)21-30(33)36(47)42-22-26-12-9-8-11-25(26)20-28(42)23-44/h8-16,19,21,24,29,49H,4-7,17-18,20,22-23H2,1-3H3,(H,43,50);8-15,18,20-21,29,45H,4-7,16-17,19,22-23H2,1-3H3,(H,40,46);8-16,19,21,28,44-45H,4-7,17-18,20,22-23H2,1-3H3,(H,39,46)/t2*29-;28-/m000/s1. The summed E-state index contributed by atoms with van der Waals surface area (Å²) in [5.41, 5.74) is 13.6. The van der Waals surface area contributed by atoms with Crippen LogP contribution >= 0.6 is 80.3 Å². The minimum atomic E-state index is -0.608. The van der Waals surface area contributed by atoms with Gasteiger partial charge in [-0.05, 0) is 244 Å². The van der Waals surface area contributed by atoms with E-state index in [1.165, 1.54) is 23.5 Å². The van der Waals surface area contributed by atoms with Crippen LogP contribution in [0.4, 0.5) is 17.1 Å². The van der Waals surface area contributed by atoms with Crippen molar-refractivity contribution >= 4 is 151 Å². The molecule has 0 spiro atoms. The Hall–Kier alpha value is -13.0. The van der Waals surface area contributed by atoms with E-state index in [0.29, 0.717) is 169 Å². The fourth-order valence-electron chi connectivity index (χ4n) is 18.5. The Morgan fingerprint density at radius 2 is 0.718 bits per heavy atom. The van der Waals surface area contributed by atoms with E-state index in [0.717, 1.165) is 110 Å². The quantitative estimate of drug-likeness (QED) is 0.0178. The number of nitrogens with one attached hydrogen (secondary N) is 3. The highest BCUT2D eigenvalue weighted by atomic mass is 127. The lowest BCUT2D eigenvalue weighted by Crippen LogP contribution is -2.46. The molecule has 0 radical (unpaired) electrons. The SMILES string of the molecule is CCCCN(CCCC)C(=O)c1cc(C)n(-c2ccc(NC(=O)c3ccc(Cl)cc3I)cc2C(=O)N2Cc3ccccc3C[C@H]2CO)n1.CCCCN(CCCC)C(=O)c1cc(C)n(-c2ccc(NC(=O)c3cccc(Cl)c3O)cc2C(=O)N2Cc3ccccc3C[C@H]2CO)n1.CCCCN(CCCC)C(=O)c1cc(C)n(-c2ccc(NC(=O)c3csc(-c4cccc(Cl)c4Cl)n3)cc2C(=O)N2Cc3ccccc3C[C@H]2CO)n1. The van der Waals surface area contributed by atoms with Crippen LogP contribution in [0.25, 0.3) is 27.6 Å². The summed E-state index contributed by atoms with van der Waals surface area (Å²) in [5.74, 6) is -3.24. The average Bonchev–Trinajstić information content (AvgIpc) is 1.74. The molecule has 35 heteroatoms. The number of para-hydroxylation sites is 1. The molecule has 9 aromatic carbocycles. The summed E-state index contributed by atoms with van der Waals surface area (Å²) < 4.78 is 5.51. The highest BCUT2D eigenvalue weighted by Crippen LogP contribution is 2.39. The minimum Gasteiger partial charge on any atom is -0.506 e. The van der Waals surface area contributed by atoms with E-state index in [4.69, 9.17) is 61.7 Å². The number of aromatic hydroxyl groups is 1. The van der Waals surface area contributed by atoms with Crippen molar-refractivity contribution in [1.29, 1.82) is 0 Å². The lowest BCUT2D eigenvalue weighted by Gasteiger charge is -2.36. The topological polar surface area (TPSA) is 356 Å². The third-order valence-electron chi connectivity index (χ3n) is 26.8. The molecule has 13 aromatic rings. The second-order valence-electron chi connectivity index (χ2n) is 37.4. The molecule has 0 saturated carbocycles. The van der Waals surface area contributed by atoms with E-state index in [1.54, 1.807) is 149 Å². The molecule has 0 fully saturated rings. The zero-order chi connectivity index (χ0) is 106. The predicted molar refractivity (Wildman–Crippen MR) is 593 cm³/mol. The Balaban J connectivity index is 0.000000176. The number of carbonyl (C=O) groups is 9. The van der Waals surface area contributed by atoms with E-state index in [9.17, 15) is 63.6 Å². The highest BCUT2D eigenvalue weighted by molar-refractivity contribution is 14.1. The van der Waals surface area contributed by atoms with Gasteiger partial charge in [0, 0.05) is 113 Å². The zero-order valence-electron chi connectivity index (χ0n) is 85.0. The van der Waals surface area contributed by atoms with Gasteiger partial charge in [0.15, 0.2) is 17.1 Å². The van der Waals surface area contributed by atoms with Gasteiger partial charge in [-0.25, -0.2) is 19.0 Å². The summed E-state index contributed by atoms with van der Waals surface area (Å²) in [7, 11) is 0. The summed E-state index contributed by atoms with van der Waals surface area (Å²) in [4.78, 5) is 140. The molecule has 29 nitrogen and oxygen atoms in total. The van der Waals surface area contributed by atoms with E-state index >= 15 is 0 Å². The number of phenolic OH excluding ortho intramolecular Hbond substituents is 1. The average molecular weight is 2230 g/mol. The number of benzene rings is 9. The number of rotatable bonds is 37. The van der Waals surface area contributed by atoms with Gasteiger partial charge in [0.2, 0.25) is 0 Å². The van der Waals surface area contributed by atoms with E-state index in [2.05, 4.69) is 85.1 Å². The van der Waals surface area contributed by atoms with Crippen molar-refractivity contribution in [2.75, 3.05) is 75.0 Å². The van der Waals surface area contributed by atoms with Gasteiger partial charge in [-0.3, -0.25) is 43.2 Å². The van der Waals surface area contributed by atoms with Crippen LogP contribution in [-0.4, -0.2) is 215 Å². The van der Waals surface area contributed by atoms with E-state index < -0.39 is 29.9 Å². The normalized spacial score (nSPS) is 14.0. The van der Waals surface area contributed by atoms with Gasteiger partial charge in [-0.15, -0.1) is 11.3 Å². The Kier molecular flexibility index (Phi) is 39.3. The van der Waals surface area contributed by atoms with Gasteiger partial charge in [-0.1, -0.05) is 217 Å². The summed E-state index contributed by atoms with van der Waals surface area (Å²) in [6, 6.07) is 57.2. The second kappa shape index (κ2) is 52.5. The van der Waals surface area contributed by atoms with Crippen LogP contribution in [-0.2, 0) is 38.9 Å². The lowest BCUT2D eigenvalue weighted by molar-refractivity contribution is 0.0539. The van der Waals surface area contributed by atoms with Crippen LogP contribution in [0, 0.1) is 24.3 Å². The summed E-state index contributed by atoms with van der Waals surface area (Å²) in [6.07, 6.45) is 12.7. The van der Waals surface area contributed by atoms with Crippen molar-refractivity contribution in [2.45, 2.75) is 196 Å². The summed E-state index contributed by atoms with van der Waals surface area (Å²) in [5, 5.41) is 67.8. The maximum Gasteiger partial charge on any atom is 0.275 e. The van der Waals surface area contributed by atoms with Gasteiger partial charge in [0.25, 0.3) is 53.2 Å². The molecule has 0 aliphatic carbocycles. The first-order valence-corrected chi connectivity index (χ1v) is 54.1. The number of carbonyl (C=O) groups excluding carboxylic acids is 9. The fraction of sp³-hybridized carbons (Fsp3) is 0.342. The molecular formula is C114H125Cl4IN16O13S. The third kappa shape index (κ3) is 26.7. The van der Waals surface area contributed by atoms with Crippen LogP contribution in [0.5, 0.6) is 5.75 Å². The van der Waals surface area contributed by atoms with Crippen molar-refractivity contribution in [3.05, 3.63) is 330 Å². The number of hydrogen-bond acceptors (Lipinski definition) is 18. The fourth-order valence-corrected chi connectivity index (χ4v) is 21.0. The van der Waals surface area contributed by atoms with Crippen molar-refractivity contribution < 1.29 is 63.6 Å². The number of halogens is 5. The molecule has 149 heavy (non-hydrogen) atoms. The largest absolute Gasteiger partial charge is 0.506 e. The maximum absolute atomic E-state index is 14.6. The predicted octanol–water partition coefficient (Wildman–Crippen LogP) is 22.2. The molecule has 3 aliphatic rings. The van der Waals surface area contributed by atoms with Crippen LogP contribution < -0.4 is 16.0 Å². The molecule has 9 amide bonds. The number of aliphatic hydroxyl groups is 3. The van der Waals surface area contributed by atoms with Crippen molar-refractivity contribution in [2.24, 2.45) is 0 Å². The molecule has 7 N–H and O–H groups in total. The highest BCUT2D eigenvalue weighted by Gasteiger charge is 2.38. The minimum absolute atomic E-state index is 0.0192. The molecule has 780 valence electrons. The number of amides is 9. The number of fused-ring (bicyclic) bond motifs is 3. The van der Waals surface area contributed by atoms with Crippen molar-refractivity contribution in [3.8, 4) is 33.4 Å². The molecule has 0 unspecified atom stereocenters. The molecule has 0 bridgehead atoms. The first kappa shape index (κ1) is 112. The van der Waals surface area contributed by atoms with Gasteiger partial charge >= 0.3 is 0 Å². The second-order valence-corrected chi connectivity index (χ2v) is 41.1. The van der Waals surface area contributed by atoms with Crippen molar-refractivity contribution in [3.63, 3.8) is 0 Å². The van der Waals surface area contributed by atoms with Gasteiger partial charge in [0.1, 0.15) is 16.5 Å². The molecule has 4 aromatic heterocycles.